The molecule has 17 heavy (non-hydrogen) atoms. The minimum absolute atomic E-state index is 0.310. The van der Waals surface area contributed by atoms with Crippen LogP contribution in [0.3, 0.4) is 0 Å². The Morgan fingerprint density at radius 2 is 1.88 bits per heavy atom. The van der Waals surface area contributed by atoms with E-state index in [0.29, 0.717) is 28.5 Å². The predicted octanol–water partition coefficient (Wildman–Crippen LogP) is 3.17. The van der Waals surface area contributed by atoms with Crippen LogP contribution in [0.25, 0.3) is 0 Å². The van der Waals surface area contributed by atoms with Gasteiger partial charge in [-0.2, -0.15) is 5.26 Å². The minimum atomic E-state index is -0.703. The molecule has 0 atom stereocenters. The van der Waals surface area contributed by atoms with Crippen LogP contribution in [0.15, 0.2) is 18.2 Å². The van der Waals surface area contributed by atoms with Gasteiger partial charge in [0.15, 0.2) is 0 Å². The number of benzene rings is 1. The fourth-order valence-electron chi connectivity index (χ4n) is 1.77. The van der Waals surface area contributed by atoms with Crippen molar-refractivity contribution in [2.45, 2.75) is 24.8 Å². The SMILES string of the molecule is N#CC1(NC(=O)c2cc(Cl)cc(Cl)c2)CCC1. The van der Waals surface area contributed by atoms with Crippen molar-refractivity contribution in [3.05, 3.63) is 33.8 Å². The zero-order valence-electron chi connectivity index (χ0n) is 8.96. The lowest BCUT2D eigenvalue weighted by Gasteiger charge is -2.35. The molecule has 1 aromatic rings. The number of rotatable bonds is 2. The number of nitrogens with one attached hydrogen (secondary N) is 1. The molecule has 5 heteroatoms. The van der Waals surface area contributed by atoms with E-state index >= 15 is 0 Å². The van der Waals surface area contributed by atoms with Gasteiger partial charge in [0.1, 0.15) is 5.54 Å². The molecule has 3 nitrogen and oxygen atoms in total. The van der Waals surface area contributed by atoms with Crippen molar-refractivity contribution >= 4 is 29.1 Å². The van der Waals surface area contributed by atoms with E-state index in [1.54, 1.807) is 6.07 Å². The maximum absolute atomic E-state index is 11.9. The Labute approximate surface area is 109 Å². The standard InChI is InChI=1S/C12H10Cl2N2O/c13-9-4-8(5-10(14)6-9)11(17)16-12(7-15)2-1-3-12/h4-6H,1-3H2,(H,16,17). The molecule has 1 aliphatic carbocycles. The molecule has 1 aliphatic rings. The predicted molar refractivity (Wildman–Crippen MR) is 66.1 cm³/mol. The molecule has 0 spiro atoms. The third-order valence-electron chi connectivity index (χ3n) is 2.90. The first-order valence-corrected chi connectivity index (χ1v) is 6.00. The molecule has 0 aromatic heterocycles. The lowest BCUT2D eigenvalue weighted by Crippen LogP contribution is -2.52. The van der Waals surface area contributed by atoms with Crippen molar-refractivity contribution in [3.63, 3.8) is 0 Å². The zero-order valence-corrected chi connectivity index (χ0v) is 10.5. The fraction of sp³-hybridized carbons (Fsp3) is 0.333. The molecule has 2 rings (SSSR count). The van der Waals surface area contributed by atoms with E-state index in [9.17, 15) is 4.79 Å². The van der Waals surface area contributed by atoms with Gasteiger partial charge in [0, 0.05) is 15.6 Å². The van der Waals surface area contributed by atoms with Gasteiger partial charge >= 0.3 is 0 Å². The van der Waals surface area contributed by atoms with Crippen molar-refractivity contribution in [1.29, 1.82) is 5.26 Å². The number of carbonyl (C=O) groups is 1. The van der Waals surface area contributed by atoms with Crippen molar-refractivity contribution in [1.82, 2.24) is 5.32 Å². The number of carbonyl (C=O) groups excluding carboxylic acids is 1. The molecular weight excluding hydrogens is 259 g/mol. The number of hydrogen-bond donors (Lipinski definition) is 1. The van der Waals surface area contributed by atoms with Gasteiger partial charge in [0.2, 0.25) is 0 Å². The Hall–Kier alpha value is -1.24. The van der Waals surface area contributed by atoms with E-state index < -0.39 is 5.54 Å². The summed E-state index contributed by atoms with van der Waals surface area (Å²) in [5.41, 5.74) is -0.324. The van der Waals surface area contributed by atoms with Gasteiger partial charge in [-0.25, -0.2) is 0 Å². The van der Waals surface area contributed by atoms with E-state index in [2.05, 4.69) is 11.4 Å². The minimum Gasteiger partial charge on any atom is -0.334 e. The summed E-state index contributed by atoms with van der Waals surface area (Å²) in [5.74, 6) is -0.310. The summed E-state index contributed by atoms with van der Waals surface area (Å²) in [4.78, 5) is 11.9. The van der Waals surface area contributed by atoms with Crippen LogP contribution < -0.4 is 5.32 Å². The first kappa shape index (κ1) is 12.2. The largest absolute Gasteiger partial charge is 0.334 e. The third-order valence-corrected chi connectivity index (χ3v) is 3.34. The Morgan fingerprint density at radius 3 is 2.29 bits per heavy atom. The molecule has 0 unspecified atom stereocenters. The molecule has 1 aromatic carbocycles. The highest BCUT2D eigenvalue weighted by atomic mass is 35.5. The molecule has 0 aliphatic heterocycles. The molecule has 0 radical (unpaired) electrons. The van der Waals surface area contributed by atoms with Gasteiger partial charge in [0.05, 0.1) is 6.07 Å². The number of halogens is 2. The van der Waals surface area contributed by atoms with Crippen molar-refractivity contribution in [3.8, 4) is 6.07 Å². The highest BCUT2D eigenvalue weighted by molar-refractivity contribution is 6.35. The summed E-state index contributed by atoms with van der Waals surface area (Å²) in [5, 5.41) is 12.6. The second-order valence-electron chi connectivity index (χ2n) is 4.16. The number of nitrogens with zero attached hydrogens (tertiary/aromatic N) is 1. The van der Waals surface area contributed by atoms with Crippen LogP contribution in [-0.4, -0.2) is 11.4 Å². The van der Waals surface area contributed by atoms with E-state index in [1.165, 1.54) is 12.1 Å². The average molecular weight is 269 g/mol. The summed E-state index contributed by atoms with van der Waals surface area (Å²) in [6, 6.07) is 6.77. The van der Waals surface area contributed by atoms with Crippen LogP contribution in [-0.2, 0) is 0 Å². The highest BCUT2D eigenvalue weighted by Crippen LogP contribution is 2.31. The van der Waals surface area contributed by atoms with Crippen LogP contribution in [0.2, 0.25) is 10.0 Å². The number of hydrogen-bond acceptors (Lipinski definition) is 2. The maximum Gasteiger partial charge on any atom is 0.252 e. The molecule has 0 bridgehead atoms. The van der Waals surface area contributed by atoms with Gasteiger partial charge in [-0.1, -0.05) is 23.2 Å². The van der Waals surface area contributed by atoms with Gasteiger partial charge in [-0.05, 0) is 37.5 Å². The molecule has 1 saturated carbocycles. The van der Waals surface area contributed by atoms with Gasteiger partial charge in [0.25, 0.3) is 5.91 Å². The Balaban J connectivity index is 2.18. The smallest absolute Gasteiger partial charge is 0.252 e. The topological polar surface area (TPSA) is 52.9 Å². The summed E-state index contributed by atoms with van der Waals surface area (Å²) >= 11 is 11.6. The van der Waals surface area contributed by atoms with Crippen LogP contribution in [0.4, 0.5) is 0 Å². The average Bonchev–Trinajstić information content (AvgIpc) is 2.21. The number of nitriles is 1. The first-order chi connectivity index (χ1) is 8.04. The van der Waals surface area contributed by atoms with E-state index in [0.717, 1.165) is 6.42 Å². The Morgan fingerprint density at radius 1 is 1.29 bits per heavy atom. The van der Waals surface area contributed by atoms with Gasteiger partial charge in [-0.15, -0.1) is 0 Å². The van der Waals surface area contributed by atoms with Gasteiger partial charge in [-0.3, -0.25) is 4.79 Å². The van der Waals surface area contributed by atoms with Gasteiger partial charge < -0.3 is 5.32 Å². The van der Waals surface area contributed by atoms with E-state index in [1.807, 2.05) is 0 Å². The van der Waals surface area contributed by atoms with Crippen LogP contribution in [0.5, 0.6) is 0 Å². The molecule has 1 amide bonds. The number of amides is 1. The zero-order chi connectivity index (χ0) is 12.5. The lowest BCUT2D eigenvalue weighted by molar-refractivity contribution is 0.0881. The molecule has 0 saturated heterocycles. The van der Waals surface area contributed by atoms with E-state index in [-0.39, 0.29) is 5.91 Å². The lowest BCUT2D eigenvalue weighted by atomic mass is 9.78. The maximum atomic E-state index is 11.9. The molecular formula is C12H10Cl2N2O. The summed E-state index contributed by atoms with van der Waals surface area (Å²) in [6.45, 7) is 0. The second kappa shape index (κ2) is 4.56. The molecule has 88 valence electrons. The molecule has 1 N–H and O–H groups in total. The quantitative estimate of drug-likeness (QED) is 0.896. The monoisotopic (exact) mass is 268 g/mol. The van der Waals surface area contributed by atoms with Crippen molar-refractivity contribution < 1.29 is 4.79 Å². The van der Waals surface area contributed by atoms with Crippen LogP contribution in [0, 0.1) is 11.3 Å². The van der Waals surface area contributed by atoms with E-state index in [4.69, 9.17) is 28.5 Å². The Bertz CT molecular complexity index is 483. The van der Waals surface area contributed by atoms with Crippen molar-refractivity contribution in [2.24, 2.45) is 0 Å². The summed E-state index contributed by atoms with van der Waals surface area (Å²) in [7, 11) is 0. The first-order valence-electron chi connectivity index (χ1n) is 5.24. The fourth-order valence-corrected chi connectivity index (χ4v) is 2.30. The third kappa shape index (κ3) is 2.54. The Kier molecular flexibility index (Phi) is 3.28. The molecule has 0 heterocycles. The van der Waals surface area contributed by atoms with Crippen molar-refractivity contribution in [2.75, 3.05) is 0 Å². The summed E-state index contributed by atoms with van der Waals surface area (Å²) in [6.07, 6.45) is 2.36. The molecule has 1 fully saturated rings. The highest BCUT2D eigenvalue weighted by Gasteiger charge is 2.38. The van der Waals surface area contributed by atoms with Crippen LogP contribution in [0.1, 0.15) is 29.6 Å². The normalized spacial score (nSPS) is 16.8. The second-order valence-corrected chi connectivity index (χ2v) is 5.03. The summed E-state index contributed by atoms with van der Waals surface area (Å²) < 4.78 is 0. The van der Waals surface area contributed by atoms with Crippen LogP contribution >= 0.6 is 23.2 Å².